The standard InChI is InChI=1S/C8H6N2O4.C5H10O2/c11-8-9-6-2-1-5(4-14-8)3-7(6)10(12)13;1-4(2)3-5(6)7/h1-3H,4H2,(H,9,11);4H,3H2,1-2H3,(H,6,7). The van der Waals surface area contributed by atoms with Gasteiger partial charge in [0.2, 0.25) is 0 Å². The summed E-state index contributed by atoms with van der Waals surface area (Å²) >= 11 is 0. The van der Waals surface area contributed by atoms with E-state index in [1.54, 1.807) is 6.07 Å². The molecule has 0 fully saturated rings. The fourth-order valence-electron chi connectivity index (χ4n) is 1.57. The highest BCUT2D eigenvalue weighted by Crippen LogP contribution is 2.27. The zero-order valence-corrected chi connectivity index (χ0v) is 11.7. The second-order valence-corrected chi connectivity index (χ2v) is 4.80. The van der Waals surface area contributed by atoms with Gasteiger partial charge in [0.15, 0.2) is 0 Å². The molecule has 2 aliphatic rings. The summed E-state index contributed by atoms with van der Waals surface area (Å²) in [5, 5.41) is 21.0. The minimum atomic E-state index is -0.713. The summed E-state index contributed by atoms with van der Waals surface area (Å²) in [6, 6.07) is 4.55. The van der Waals surface area contributed by atoms with Crippen molar-refractivity contribution >= 4 is 23.4 Å². The molecule has 2 bridgehead atoms. The summed E-state index contributed by atoms with van der Waals surface area (Å²) in [6.45, 7) is 3.81. The molecule has 0 radical (unpaired) electrons. The number of aliphatic carboxylic acids is 1. The number of amides is 1. The van der Waals surface area contributed by atoms with Crippen molar-refractivity contribution in [3.63, 3.8) is 0 Å². The smallest absolute Gasteiger partial charge is 0.412 e. The third-order valence-electron chi connectivity index (χ3n) is 2.45. The maximum absolute atomic E-state index is 10.9. The van der Waals surface area contributed by atoms with E-state index in [1.807, 2.05) is 13.8 Å². The number of ether oxygens (including phenoxy) is 1. The number of rotatable bonds is 3. The maximum atomic E-state index is 10.9. The molecule has 0 saturated carbocycles. The Morgan fingerprint density at radius 1 is 1.52 bits per heavy atom. The number of anilines is 1. The highest BCUT2D eigenvalue weighted by molar-refractivity contribution is 5.88. The molecule has 2 N–H and O–H groups in total. The van der Waals surface area contributed by atoms with Crippen LogP contribution in [0.1, 0.15) is 25.8 Å². The van der Waals surface area contributed by atoms with Crippen LogP contribution in [0.25, 0.3) is 0 Å². The second-order valence-electron chi connectivity index (χ2n) is 4.80. The number of carboxylic acids is 1. The van der Waals surface area contributed by atoms with Crippen molar-refractivity contribution in [3.8, 4) is 0 Å². The number of benzene rings is 1. The summed E-state index contributed by atoms with van der Waals surface area (Å²) in [5.74, 6) is -0.438. The number of hydrogen-bond donors (Lipinski definition) is 2. The molecule has 0 unspecified atom stereocenters. The van der Waals surface area contributed by atoms with Gasteiger partial charge < -0.3 is 9.84 Å². The highest BCUT2D eigenvalue weighted by atomic mass is 16.6. The van der Waals surface area contributed by atoms with Crippen LogP contribution in [0.5, 0.6) is 0 Å². The van der Waals surface area contributed by atoms with Crippen LogP contribution in [-0.4, -0.2) is 22.1 Å². The lowest BCUT2D eigenvalue weighted by atomic mass is 10.1. The molecule has 0 atom stereocenters. The first-order valence-corrected chi connectivity index (χ1v) is 6.22. The first-order chi connectivity index (χ1) is 9.79. The van der Waals surface area contributed by atoms with E-state index in [0.29, 0.717) is 5.56 Å². The van der Waals surface area contributed by atoms with Crippen LogP contribution in [0.2, 0.25) is 0 Å². The zero-order chi connectivity index (χ0) is 16.0. The molecule has 1 aromatic carbocycles. The van der Waals surface area contributed by atoms with Gasteiger partial charge in [-0.15, -0.1) is 0 Å². The van der Waals surface area contributed by atoms with Crippen molar-refractivity contribution in [2.45, 2.75) is 26.9 Å². The molecule has 0 spiro atoms. The van der Waals surface area contributed by atoms with Crippen molar-refractivity contribution < 1.29 is 24.4 Å². The number of carbonyl (C=O) groups is 2. The van der Waals surface area contributed by atoms with Crippen LogP contribution >= 0.6 is 0 Å². The Morgan fingerprint density at radius 2 is 2.19 bits per heavy atom. The topological polar surface area (TPSA) is 119 Å². The van der Waals surface area contributed by atoms with E-state index in [1.165, 1.54) is 12.1 Å². The molecular formula is C13H16N2O6. The van der Waals surface area contributed by atoms with Crippen molar-refractivity contribution in [1.82, 2.24) is 0 Å². The summed E-state index contributed by atoms with van der Waals surface area (Å²) in [6.07, 6.45) is -0.394. The molecule has 1 aromatic rings. The summed E-state index contributed by atoms with van der Waals surface area (Å²) < 4.78 is 4.72. The highest BCUT2D eigenvalue weighted by Gasteiger charge is 2.20. The molecule has 21 heavy (non-hydrogen) atoms. The Bertz CT molecular complexity index is 556. The van der Waals surface area contributed by atoms with Gasteiger partial charge in [0.25, 0.3) is 5.69 Å². The second kappa shape index (κ2) is 7.22. The number of hydrogen-bond acceptors (Lipinski definition) is 5. The summed E-state index contributed by atoms with van der Waals surface area (Å²) in [7, 11) is 0. The lowest BCUT2D eigenvalue weighted by Crippen LogP contribution is -2.17. The minimum absolute atomic E-state index is 0.0486. The van der Waals surface area contributed by atoms with Crippen LogP contribution < -0.4 is 5.32 Å². The lowest BCUT2D eigenvalue weighted by molar-refractivity contribution is -0.384. The number of nitrogens with zero attached hydrogens (tertiary/aromatic N) is 1. The molecule has 0 saturated heterocycles. The van der Waals surface area contributed by atoms with Gasteiger partial charge in [-0.05, 0) is 17.5 Å². The van der Waals surface area contributed by atoms with Gasteiger partial charge in [0.05, 0.1) is 4.92 Å². The van der Waals surface area contributed by atoms with E-state index in [-0.39, 0.29) is 30.3 Å². The van der Waals surface area contributed by atoms with Crippen LogP contribution in [0, 0.1) is 16.0 Å². The average molecular weight is 296 g/mol. The first-order valence-electron chi connectivity index (χ1n) is 6.22. The normalized spacial score (nSPS) is 12.4. The van der Waals surface area contributed by atoms with Gasteiger partial charge in [-0.1, -0.05) is 19.9 Å². The molecule has 114 valence electrons. The zero-order valence-electron chi connectivity index (χ0n) is 11.7. The Kier molecular flexibility index (Phi) is 5.65. The van der Waals surface area contributed by atoms with Crippen molar-refractivity contribution in [3.05, 3.63) is 33.9 Å². The van der Waals surface area contributed by atoms with Crippen LogP contribution in [-0.2, 0) is 16.1 Å². The number of fused-ring (bicyclic) bond motifs is 5. The summed E-state index contributed by atoms with van der Waals surface area (Å²) in [4.78, 5) is 30.8. The fraction of sp³-hybridized carbons (Fsp3) is 0.385. The predicted octanol–water partition coefficient (Wildman–Crippen LogP) is 2.77. The van der Waals surface area contributed by atoms with E-state index in [9.17, 15) is 19.7 Å². The van der Waals surface area contributed by atoms with E-state index in [2.05, 4.69) is 5.32 Å². The molecule has 3 rings (SSSR count). The first kappa shape index (κ1) is 16.4. The third-order valence-corrected chi connectivity index (χ3v) is 2.45. The SMILES string of the molecule is CC(C)CC(=O)O.O=C1Nc2ccc(cc2[N+](=O)[O-])CO1. The minimum Gasteiger partial charge on any atom is -0.481 e. The average Bonchev–Trinajstić information content (AvgIpc) is 2.33. The van der Waals surface area contributed by atoms with Gasteiger partial charge in [0, 0.05) is 12.5 Å². The fourth-order valence-corrected chi connectivity index (χ4v) is 1.57. The van der Waals surface area contributed by atoms with Crippen molar-refractivity contribution in [1.29, 1.82) is 0 Å². The monoisotopic (exact) mass is 296 g/mol. The molecule has 8 nitrogen and oxygen atoms in total. The van der Waals surface area contributed by atoms with Crippen LogP contribution in [0.3, 0.4) is 0 Å². The number of nitrogens with one attached hydrogen (secondary N) is 1. The molecule has 0 aromatic heterocycles. The van der Waals surface area contributed by atoms with Gasteiger partial charge in [0.1, 0.15) is 12.3 Å². The van der Waals surface area contributed by atoms with Gasteiger partial charge >= 0.3 is 12.1 Å². The summed E-state index contributed by atoms with van der Waals surface area (Å²) in [5.41, 5.74) is 0.651. The molecule has 1 amide bonds. The lowest BCUT2D eigenvalue weighted by Gasteiger charge is -2.12. The number of carboxylic acid groups (broad SMARTS) is 1. The Morgan fingerprint density at radius 3 is 2.67 bits per heavy atom. The predicted molar refractivity (Wildman–Crippen MR) is 74.0 cm³/mol. The van der Waals surface area contributed by atoms with Crippen molar-refractivity contribution in [2.75, 3.05) is 5.32 Å². The Balaban J connectivity index is 0.000000270. The van der Waals surface area contributed by atoms with E-state index >= 15 is 0 Å². The van der Waals surface area contributed by atoms with Crippen molar-refractivity contribution in [2.24, 2.45) is 5.92 Å². The molecular weight excluding hydrogens is 280 g/mol. The number of carbonyl (C=O) groups excluding carboxylic acids is 1. The molecule has 2 heterocycles. The maximum Gasteiger partial charge on any atom is 0.412 e. The van der Waals surface area contributed by atoms with Gasteiger partial charge in [-0.2, -0.15) is 0 Å². The Hall–Kier alpha value is -2.64. The molecule has 0 aliphatic carbocycles. The Labute approximate surface area is 120 Å². The largest absolute Gasteiger partial charge is 0.481 e. The third kappa shape index (κ3) is 5.47. The number of nitro groups is 1. The van der Waals surface area contributed by atoms with Crippen LogP contribution in [0.4, 0.5) is 16.2 Å². The van der Waals surface area contributed by atoms with Gasteiger partial charge in [-0.25, -0.2) is 4.79 Å². The van der Waals surface area contributed by atoms with Crippen LogP contribution in [0.15, 0.2) is 18.2 Å². The quantitative estimate of drug-likeness (QED) is 0.653. The molecule has 8 heteroatoms. The van der Waals surface area contributed by atoms with E-state index in [0.717, 1.165) is 0 Å². The van der Waals surface area contributed by atoms with E-state index < -0.39 is 17.0 Å². The van der Waals surface area contributed by atoms with Gasteiger partial charge in [-0.3, -0.25) is 20.2 Å². The van der Waals surface area contributed by atoms with E-state index in [4.69, 9.17) is 9.84 Å². The number of nitro benzene ring substituents is 1. The molecule has 2 aliphatic heterocycles.